The summed E-state index contributed by atoms with van der Waals surface area (Å²) < 4.78 is 0. The maximum absolute atomic E-state index is 5.82. The van der Waals surface area contributed by atoms with Gasteiger partial charge in [0.1, 0.15) is 0 Å². The molecule has 2 nitrogen and oxygen atoms in total. The van der Waals surface area contributed by atoms with Crippen molar-refractivity contribution in [3.05, 3.63) is 59.4 Å². The average molecular weight is 275 g/mol. The van der Waals surface area contributed by atoms with E-state index >= 15 is 0 Å². The lowest BCUT2D eigenvalue weighted by molar-refractivity contribution is 0.805. The standard InChI is InChI=1S/C16H19ClN2/c1-3-19(12-15-6-4-5-13(2)18-15)16-9-7-14(11-17)8-10-16/h4-10H,3,11-12H2,1-2H3. The number of hydrogen-bond donors (Lipinski definition) is 0. The summed E-state index contributed by atoms with van der Waals surface area (Å²) in [5.41, 5.74) is 4.52. The Labute approximate surface area is 120 Å². The van der Waals surface area contributed by atoms with Crippen LogP contribution in [0.3, 0.4) is 0 Å². The zero-order valence-corrected chi connectivity index (χ0v) is 12.2. The van der Waals surface area contributed by atoms with Crippen LogP contribution in [-0.4, -0.2) is 11.5 Å². The summed E-state index contributed by atoms with van der Waals surface area (Å²) in [5.74, 6) is 0.561. The number of alkyl halides is 1. The molecule has 0 unspecified atom stereocenters. The normalized spacial score (nSPS) is 10.5. The van der Waals surface area contributed by atoms with Crippen molar-refractivity contribution >= 4 is 17.3 Å². The highest BCUT2D eigenvalue weighted by Gasteiger charge is 2.06. The van der Waals surface area contributed by atoms with Gasteiger partial charge >= 0.3 is 0 Å². The lowest BCUT2D eigenvalue weighted by Gasteiger charge is -2.23. The summed E-state index contributed by atoms with van der Waals surface area (Å²) in [6, 6.07) is 14.6. The lowest BCUT2D eigenvalue weighted by atomic mass is 10.2. The lowest BCUT2D eigenvalue weighted by Crippen LogP contribution is -2.22. The molecule has 3 heteroatoms. The third-order valence-corrected chi connectivity index (χ3v) is 3.44. The van der Waals surface area contributed by atoms with Gasteiger partial charge in [-0.2, -0.15) is 0 Å². The van der Waals surface area contributed by atoms with Crippen LogP contribution >= 0.6 is 11.6 Å². The van der Waals surface area contributed by atoms with Gasteiger partial charge in [-0.1, -0.05) is 18.2 Å². The van der Waals surface area contributed by atoms with Crippen molar-refractivity contribution < 1.29 is 0 Å². The molecular formula is C16H19ClN2. The molecule has 0 aliphatic heterocycles. The van der Waals surface area contributed by atoms with Gasteiger partial charge in [-0.25, -0.2) is 0 Å². The Balaban J connectivity index is 2.15. The Morgan fingerprint density at radius 3 is 2.42 bits per heavy atom. The van der Waals surface area contributed by atoms with Crippen molar-refractivity contribution in [3.63, 3.8) is 0 Å². The van der Waals surface area contributed by atoms with Gasteiger partial charge in [0.2, 0.25) is 0 Å². The number of pyridine rings is 1. The first kappa shape index (κ1) is 13.9. The molecule has 0 atom stereocenters. The van der Waals surface area contributed by atoms with Crippen LogP contribution in [0, 0.1) is 6.92 Å². The largest absolute Gasteiger partial charge is 0.366 e. The average Bonchev–Trinajstić information content (AvgIpc) is 2.45. The topological polar surface area (TPSA) is 16.1 Å². The minimum absolute atomic E-state index is 0.561. The number of rotatable bonds is 5. The molecule has 0 aliphatic rings. The fourth-order valence-electron chi connectivity index (χ4n) is 2.06. The van der Waals surface area contributed by atoms with Crippen molar-refractivity contribution in [1.82, 2.24) is 4.98 Å². The Morgan fingerprint density at radius 2 is 1.84 bits per heavy atom. The van der Waals surface area contributed by atoms with Gasteiger partial charge in [-0.05, 0) is 43.7 Å². The summed E-state index contributed by atoms with van der Waals surface area (Å²) in [6.45, 7) is 5.97. The smallest absolute Gasteiger partial charge is 0.0602 e. The monoisotopic (exact) mass is 274 g/mol. The van der Waals surface area contributed by atoms with Crippen LogP contribution in [0.25, 0.3) is 0 Å². The van der Waals surface area contributed by atoms with E-state index in [9.17, 15) is 0 Å². The van der Waals surface area contributed by atoms with E-state index in [0.717, 1.165) is 30.0 Å². The SMILES string of the molecule is CCN(Cc1cccc(C)n1)c1ccc(CCl)cc1. The highest BCUT2D eigenvalue weighted by atomic mass is 35.5. The minimum Gasteiger partial charge on any atom is -0.366 e. The molecule has 0 spiro atoms. The summed E-state index contributed by atoms with van der Waals surface area (Å²) in [7, 11) is 0. The molecule has 1 heterocycles. The molecule has 0 radical (unpaired) electrons. The highest BCUT2D eigenvalue weighted by molar-refractivity contribution is 6.17. The summed E-state index contributed by atoms with van der Waals surface area (Å²) in [5, 5.41) is 0. The first-order chi connectivity index (χ1) is 9.22. The Hall–Kier alpha value is -1.54. The molecular weight excluding hydrogens is 256 g/mol. The first-order valence-electron chi connectivity index (χ1n) is 6.55. The molecule has 0 fully saturated rings. The quantitative estimate of drug-likeness (QED) is 0.761. The predicted molar refractivity (Wildman–Crippen MR) is 81.7 cm³/mol. The Morgan fingerprint density at radius 1 is 1.11 bits per heavy atom. The van der Waals surface area contributed by atoms with Gasteiger partial charge in [0.25, 0.3) is 0 Å². The summed E-state index contributed by atoms with van der Waals surface area (Å²) in [6.07, 6.45) is 0. The van der Waals surface area contributed by atoms with E-state index in [-0.39, 0.29) is 0 Å². The number of hydrogen-bond acceptors (Lipinski definition) is 2. The van der Waals surface area contributed by atoms with Gasteiger partial charge in [-0.3, -0.25) is 4.98 Å². The van der Waals surface area contributed by atoms with Crippen LogP contribution in [-0.2, 0) is 12.4 Å². The fourth-order valence-corrected chi connectivity index (χ4v) is 2.24. The van der Waals surface area contributed by atoms with Crippen LogP contribution in [0.2, 0.25) is 0 Å². The van der Waals surface area contributed by atoms with Crippen LogP contribution < -0.4 is 4.90 Å². The second-order valence-electron chi connectivity index (χ2n) is 4.58. The van der Waals surface area contributed by atoms with Crippen LogP contribution in [0.4, 0.5) is 5.69 Å². The van der Waals surface area contributed by atoms with E-state index in [2.05, 4.69) is 53.2 Å². The summed E-state index contributed by atoms with van der Waals surface area (Å²) in [4.78, 5) is 6.86. The van der Waals surface area contributed by atoms with Gasteiger partial charge in [0.05, 0.1) is 12.2 Å². The highest BCUT2D eigenvalue weighted by Crippen LogP contribution is 2.18. The third kappa shape index (κ3) is 3.71. The van der Waals surface area contributed by atoms with Gasteiger partial charge in [0.15, 0.2) is 0 Å². The number of benzene rings is 1. The van der Waals surface area contributed by atoms with Crippen molar-refractivity contribution in [2.45, 2.75) is 26.3 Å². The van der Waals surface area contributed by atoms with E-state index in [1.807, 2.05) is 13.0 Å². The Kier molecular flexibility index (Phi) is 4.80. The number of aromatic nitrogens is 1. The molecule has 0 amide bonds. The molecule has 0 bridgehead atoms. The van der Waals surface area contributed by atoms with Crippen molar-refractivity contribution in [3.8, 4) is 0 Å². The molecule has 100 valence electrons. The molecule has 2 rings (SSSR count). The van der Waals surface area contributed by atoms with Crippen LogP contribution in [0.5, 0.6) is 0 Å². The second-order valence-corrected chi connectivity index (χ2v) is 4.85. The van der Waals surface area contributed by atoms with Gasteiger partial charge in [-0.15, -0.1) is 11.6 Å². The fraction of sp³-hybridized carbons (Fsp3) is 0.312. The second kappa shape index (κ2) is 6.58. The maximum atomic E-state index is 5.82. The minimum atomic E-state index is 0.561. The molecule has 0 saturated carbocycles. The van der Waals surface area contributed by atoms with E-state index < -0.39 is 0 Å². The van der Waals surface area contributed by atoms with E-state index in [0.29, 0.717) is 5.88 Å². The van der Waals surface area contributed by atoms with Crippen molar-refractivity contribution in [2.75, 3.05) is 11.4 Å². The first-order valence-corrected chi connectivity index (χ1v) is 7.08. The predicted octanol–water partition coefficient (Wildman–Crippen LogP) is 4.16. The zero-order chi connectivity index (χ0) is 13.7. The van der Waals surface area contributed by atoms with Crippen LogP contribution in [0.1, 0.15) is 23.9 Å². The summed E-state index contributed by atoms with van der Waals surface area (Å²) >= 11 is 5.82. The number of anilines is 1. The molecule has 19 heavy (non-hydrogen) atoms. The van der Waals surface area contributed by atoms with Crippen molar-refractivity contribution in [1.29, 1.82) is 0 Å². The number of aryl methyl sites for hydroxylation is 1. The molecule has 0 aliphatic carbocycles. The number of nitrogens with zero attached hydrogens (tertiary/aromatic N) is 2. The molecule has 1 aromatic heterocycles. The molecule has 0 saturated heterocycles. The Bertz CT molecular complexity index is 523. The van der Waals surface area contributed by atoms with E-state index in [1.54, 1.807) is 0 Å². The van der Waals surface area contributed by atoms with Gasteiger partial charge < -0.3 is 4.90 Å². The van der Waals surface area contributed by atoms with E-state index in [1.165, 1.54) is 5.69 Å². The molecule has 2 aromatic rings. The molecule has 0 N–H and O–H groups in total. The third-order valence-electron chi connectivity index (χ3n) is 3.14. The van der Waals surface area contributed by atoms with Gasteiger partial charge in [0, 0.05) is 23.8 Å². The number of halogens is 1. The van der Waals surface area contributed by atoms with E-state index in [4.69, 9.17) is 11.6 Å². The maximum Gasteiger partial charge on any atom is 0.0602 e. The van der Waals surface area contributed by atoms with Crippen LogP contribution in [0.15, 0.2) is 42.5 Å². The molecule has 1 aromatic carbocycles. The zero-order valence-electron chi connectivity index (χ0n) is 11.4. The van der Waals surface area contributed by atoms with Crippen molar-refractivity contribution in [2.24, 2.45) is 0 Å².